The number of nitrogens with zero attached hydrogens (tertiary/aromatic N) is 1. The molecule has 0 aromatic heterocycles. The molecule has 0 fully saturated rings. The summed E-state index contributed by atoms with van der Waals surface area (Å²) in [5, 5.41) is 3.31. The van der Waals surface area contributed by atoms with Crippen molar-refractivity contribution in [2.75, 3.05) is 24.7 Å². The van der Waals surface area contributed by atoms with Gasteiger partial charge in [0.15, 0.2) is 0 Å². The van der Waals surface area contributed by atoms with Gasteiger partial charge in [0, 0.05) is 12.2 Å². The Hall–Kier alpha value is -1.60. The van der Waals surface area contributed by atoms with Gasteiger partial charge < -0.3 is 5.32 Å². The van der Waals surface area contributed by atoms with E-state index in [1.54, 1.807) is 12.1 Å². The zero-order chi connectivity index (χ0) is 18.4. The molecule has 0 bridgehead atoms. The summed E-state index contributed by atoms with van der Waals surface area (Å²) >= 11 is 11.7. The highest BCUT2D eigenvalue weighted by atomic mass is 35.5. The number of sulfonamides is 1. The highest BCUT2D eigenvalue weighted by molar-refractivity contribution is 7.88. The van der Waals surface area contributed by atoms with Crippen LogP contribution in [0.2, 0.25) is 10.0 Å². The maximum absolute atomic E-state index is 12.2. The molecule has 0 heterocycles. The van der Waals surface area contributed by atoms with Crippen LogP contribution < -0.4 is 5.32 Å². The second-order valence-corrected chi connectivity index (χ2v) is 8.31. The standard InChI is InChI=1S/C17H18Cl2N2O3S/c1-25(23,24)21(10-9-13-5-3-2-4-6-13)12-17(22)20-14-7-8-15(18)16(19)11-14/h2-8,11H,9-10,12H2,1H3,(H,20,22). The molecule has 0 atom stereocenters. The number of benzene rings is 2. The predicted molar refractivity (Wildman–Crippen MR) is 102 cm³/mol. The van der Waals surface area contributed by atoms with Crippen molar-refractivity contribution < 1.29 is 13.2 Å². The highest BCUT2D eigenvalue weighted by Crippen LogP contribution is 2.25. The van der Waals surface area contributed by atoms with Gasteiger partial charge >= 0.3 is 0 Å². The van der Waals surface area contributed by atoms with Crippen LogP contribution in [0.4, 0.5) is 5.69 Å². The molecule has 0 aliphatic carbocycles. The maximum Gasteiger partial charge on any atom is 0.239 e. The van der Waals surface area contributed by atoms with Crippen LogP contribution in [0.15, 0.2) is 48.5 Å². The van der Waals surface area contributed by atoms with Gasteiger partial charge in [0.2, 0.25) is 15.9 Å². The molecule has 0 unspecified atom stereocenters. The molecule has 1 N–H and O–H groups in total. The third-order valence-electron chi connectivity index (χ3n) is 3.49. The van der Waals surface area contributed by atoms with Crippen LogP contribution in [-0.4, -0.2) is 38.0 Å². The fourth-order valence-electron chi connectivity index (χ4n) is 2.20. The Bertz CT molecular complexity index is 842. The molecule has 8 heteroatoms. The van der Waals surface area contributed by atoms with Gasteiger partial charge in [0.05, 0.1) is 22.8 Å². The van der Waals surface area contributed by atoms with Crippen LogP contribution in [0.25, 0.3) is 0 Å². The topological polar surface area (TPSA) is 66.5 Å². The number of hydrogen-bond donors (Lipinski definition) is 1. The first-order valence-corrected chi connectivity index (χ1v) is 10.1. The van der Waals surface area contributed by atoms with Crippen molar-refractivity contribution in [1.82, 2.24) is 4.31 Å². The van der Waals surface area contributed by atoms with Gasteiger partial charge in [-0.1, -0.05) is 53.5 Å². The van der Waals surface area contributed by atoms with E-state index in [1.807, 2.05) is 30.3 Å². The van der Waals surface area contributed by atoms with Crippen LogP contribution >= 0.6 is 23.2 Å². The van der Waals surface area contributed by atoms with Gasteiger partial charge in [-0.3, -0.25) is 4.79 Å². The Labute approximate surface area is 157 Å². The Morgan fingerprint density at radius 2 is 1.76 bits per heavy atom. The van der Waals surface area contributed by atoms with Gasteiger partial charge in [0.25, 0.3) is 0 Å². The van der Waals surface area contributed by atoms with Crippen LogP contribution in [0.3, 0.4) is 0 Å². The summed E-state index contributed by atoms with van der Waals surface area (Å²) in [7, 11) is -3.51. The van der Waals surface area contributed by atoms with E-state index in [1.165, 1.54) is 6.07 Å². The molecule has 0 aliphatic heterocycles. The van der Waals surface area contributed by atoms with Crippen molar-refractivity contribution in [3.63, 3.8) is 0 Å². The number of anilines is 1. The van der Waals surface area contributed by atoms with Gasteiger partial charge in [0.1, 0.15) is 0 Å². The number of amides is 1. The molecular weight excluding hydrogens is 383 g/mol. The van der Waals surface area contributed by atoms with Crippen molar-refractivity contribution in [2.45, 2.75) is 6.42 Å². The SMILES string of the molecule is CS(=O)(=O)N(CCc1ccccc1)CC(=O)Nc1ccc(Cl)c(Cl)c1. The molecule has 0 radical (unpaired) electrons. The van der Waals surface area contributed by atoms with E-state index in [0.717, 1.165) is 16.1 Å². The lowest BCUT2D eigenvalue weighted by atomic mass is 10.1. The number of rotatable bonds is 7. The lowest BCUT2D eigenvalue weighted by Gasteiger charge is -2.19. The quantitative estimate of drug-likeness (QED) is 0.773. The summed E-state index contributed by atoms with van der Waals surface area (Å²) in [4.78, 5) is 12.2. The number of hydrogen-bond acceptors (Lipinski definition) is 3. The lowest BCUT2D eigenvalue weighted by Crippen LogP contribution is -2.38. The first kappa shape index (κ1) is 19.7. The minimum absolute atomic E-state index is 0.220. The first-order chi connectivity index (χ1) is 11.8. The summed E-state index contributed by atoms with van der Waals surface area (Å²) < 4.78 is 25.0. The summed E-state index contributed by atoms with van der Waals surface area (Å²) in [6.07, 6.45) is 1.61. The Kier molecular flexibility index (Phi) is 6.84. The van der Waals surface area contributed by atoms with Crippen LogP contribution in [-0.2, 0) is 21.2 Å². The van der Waals surface area contributed by atoms with Crippen molar-refractivity contribution >= 4 is 44.8 Å². The molecular formula is C17H18Cl2N2O3S. The zero-order valence-corrected chi connectivity index (χ0v) is 15.9. The molecule has 0 saturated carbocycles. The Morgan fingerprint density at radius 1 is 1.08 bits per heavy atom. The van der Waals surface area contributed by atoms with Crippen molar-refractivity contribution in [3.8, 4) is 0 Å². The molecule has 0 saturated heterocycles. The van der Waals surface area contributed by atoms with Crippen LogP contribution in [0, 0.1) is 0 Å². The smallest absolute Gasteiger partial charge is 0.239 e. The first-order valence-electron chi connectivity index (χ1n) is 7.49. The molecule has 25 heavy (non-hydrogen) atoms. The van der Waals surface area contributed by atoms with E-state index < -0.39 is 15.9 Å². The molecule has 1 amide bonds. The maximum atomic E-state index is 12.2. The van der Waals surface area contributed by atoms with Crippen LogP contribution in [0.5, 0.6) is 0 Å². The molecule has 2 aromatic rings. The minimum atomic E-state index is -3.51. The van der Waals surface area contributed by atoms with E-state index >= 15 is 0 Å². The van der Waals surface area contributed by atoms with Crippen LogP contribution in [0.1, 0.15) is 5.56 Å². The fourth-order valence-corrected chi connectivity index (χ4v) is 3.27. The van der Waals surface area contributed by atoms with Gasteiger partial charge in [-0.15, -0.1) is 0 Å². The normalized spacial score (nSPS) is 11.5. The van der Waals surface area contributed by atoms with E-state index in [-0.39, 0.29) is 13.1 Å². The highest BCUT2D eigenvalue weighted by Gasteiger charge is 2.20. The van der Waals surface area contributed by atoms with Crippen molar-refractivity contribution in [1.29, 1.82) is 0 Å². The second kappa shape index (κ2) is 8.67. The average Bonchev–Trinajstić information content (AvgIpc) is 2.55. The Morgan fingerprint density at radius 3 is 2.36 bits per heavy atom. The van der Waals surface area contributed by atoms with Gasteiger partial charge in [-0.05, 0) is 30.2 Å². The monoisotopic (exact) mass is 400 g/mol. The molecule has 134 valence electrons. The van der Waals surface area contributed by atoms with Gasteiger partial charge in [-0.25, -0.2) is 8.42 Å². The van der Waals surface area contributed by atoms with E-state index in [9.17, 15) is 13.2 Å². The summed E-state index contributed by atoms with van der Waals surface area (Å²) in [6, 6.07) is 14.2. The summed E-state index contributed by atoms with van der Waals surface area (Å²) in [5.74, 6) is -0.447. The zero-order valence-electron chi connectivity index (χ0n) is 13.6. The molecule has 2 aromatic carbocycles. The summed E-state index contributed by atoms with van der Waals surface area (Å²) in [6.45, 7) is -0.0520. The van der Waals surface area contributed by atoms with E-state index in [4.69, 9.17) is 23.2 Å². The summed E-state index contributed by atoms with van der Waals surface area (Å²) in [5.41, 5.74) is 1.46. The molecule has 0 spiro atoms. The third-order valence-corrected chi connectivity index (χ3v) is 5.47. The number of carbonyl (C=O) groups is 1. The second-order valence-electron chi connectivity index (χ2n) is 5.51. The van der Waals surface area contributed by atoms with Crippen molar-refractivity contribution in [2.24, 2.45) is 0 Å². The number of carbonyl (C=O) groups excluding carboxylic acids is 1. The largest absolute Gasteiger partial charge is 0.325 e. The molecule has 2 rings (SSSR count). The minimum Gasteiger partial charge on any atom is -0.325 e. The number of halogens is 2. The predicted octanol–water partition coefficient (Wildman–Crippen LogP) is 3.44. The lowest BCUT2D eigenvalue weighted by molar-refractivity contribution is -0.116. The van der Waals surface area contributed by atoms with Gasteiger partial charge in [-0.2, -0.15) is 4.31 Å². The molecule has 5 nitrogen and oxygen atoms in total. The molecule has 0 aliphatic rings. The van der Waals surface area contributed by atoms with E-state index in [0.29, 0.717) is 22.2 Å². The van der Waals surface area contributed by atoms with E-state index in [2.05, 4.69) is 5.32 Å². The number of nitrogens with one attached hydrogen (secondary N) is 1. The Balaban J connectivity index is 2.01. The third kappa shape index (κ3) is 6.32. The average molecular weight is 401 g/mol. The fraction of sp³-hybridized carbons (Fsp3) is 0.235. The van der Waals surface area contributed by atoms with Crippen molar-refractivity contribution in [3.05, 3.63) is 64.1 Å².